The fraction of sp³-hybridized carbons (Fsp3) is 0.345. The van der Waals surface area contributed by atoms with E-state index in [0.29, 0.717) is 22.6 Å². The fourth-order valence-corrected chi connectivity index (χ4v) is 6.06. The third-order valence-electron chi connectivity index (χ3n) is 6.12. The first-order valence-corrected chi connectivity index (χ1v) is 16.2. The minimum Gasteiger partial charge on any atom is -0.743 e. The lowest BCUT2D eigenvalue weighted by Crippen LogP contribution is -3.61. The Hall–Kier alpha value is -3.06. The monoisotopic (exact) mass is 800 g/mol. The molecule has 46 heavy (non-hydrogen) atoms. The number of rotatable bonds is 9. The third-order valence-corrected chi connectivity index (χ3v) is 9.69. The lowest BCUT2D eigenvalue weighted by Gasteiger charge is -2.34. The summed E-state index contributed by atoms with van der Waals surface area (Å²) in [4.78, 5) is 12.9. The molecule has 0 heterocycles. The number of carbonyl (C=O) groups is 1. The van der Waals surface area contributed by atoms with E-state index < -0.39 is 33.4 Å². The van der Waals surface area contributed by atoms with Crippen molar-refractivity contribution in [2.45, 2.75) is 49.5 Å². The van der Waals surface area contributed by atoms with Crippen molar-refractivity contribution >= 4 is 15.9 Å². The SMILES string of the molecule is COc1ccc(C(=O)c2ccc([I+]c3ccc(C(C)(C)C)cc3)cc2)c(OC)c1.O=S(=O)([O-])C(F)(F)C(F)(F)C(F)(F)C(F)(F)F. The van der Waals surface area contributed by atoms with Crippen LogP contribution in [0.1, 0.15) is 42.3 Å². The van der Waals surface area contributed by atoms with E-state index >= 15 is 0 Å². The first kappa shape index (κ1) is 39.1. The average Bonchev–Trinajstić information content (AvgIpc) is 2.95. The van der Waals surface area contributed by atoms with Crippen LogP contribution in [0.2, 0.25) is 0 Å². The van der Waals surface area contributed by atoms with Crippen LogP contribution >= 0.6 is 0 Å². The van der Waals surface area contributed by atoms with Gasteiger partial charge in [0.1, 0.15) is 11.5 Å². The number of hydrogen-bond acceptors (Lipinski definition) is 6. The van der Waals surface area contributed by atoms with Crippen molar-refractivity contribution < 1.29 is 88.0 Å². The Balaban J connectivity index is 0.000000372. The molecule has 0 saturated carbocycles. The second-order valence-corrected chi connectivity index (χ2v) is 14.8. The molecule has 6 nitrogen and oxygen atoms in total. The first-order valence-electron chi connectivity index (χ1n) is 12.6. The third kappa shape index (κ3) is 8.44. The Morgan fingerprint density at radius 2 is 1.20 bits per heavy atom. The van der Waals surface area contributed by atoms with Crippen LogP contribution in [0, 0.1) is 7.14 Å². The zero-order valence-corrected chi connectivity index (χ0v) is 27.5. The maximum atomic E-state index is 12.9. The van der Waals surface area contributed by atoms with Gasteiger partial charge in [-0.15, -0.1) is 0 Å². The molecule has 0 aliphatic rings. The highest BCUT2D eigenvalue weighted by molar-refractivity contribution is 7.86. The number of ketones is 1. The van der Waals surface area contributed by atoms with Crippen LogP contribution < -0.4 is 30.7 Å². The molecule has 0 N–H and O–H groups in total. The summed E-state index contributed by atoms with van der Waals surface area (Å²) in [5, 5.41) is -7.11. The van der Waals surface area contributed by atoms with E-state index in [9.17, 15) is 57.3 Å². The highest BCUT2D eigenvalue weighted by Gasteiger charge is 2.83. The van der Waals surface area contributed by atoms with E-state index in [1.165, 1.54) is 12.7 Å². The predicted molar refractivity (Wildman–Crippen MR) is 143 cm³/mol. The van der Waals surface area contributed by atoms with Gasteiger partial charge < -0.3 is 14.0 Å². The smallest absolute Gasteiger partial charge is 0.460 e. The summed E-state index contributed by atoms with van der Waals surface area (Å²) < 4.78 is 149. The zero-order valence-electron chi connectivity index (χ0n) is 24.5. The van der Waals surface area contributed by atoms with Gasteiger partial charge in [0.15, 0.2) is 23.0 Å². The van der Waals surface area contributed by atoms with Gasteiger partial charge >= 0.3 is 44.5 Å². The van der Waals surface area contributed by atoms with Gasteiger partial charge in [-0.05, 0) is 59.5 Å². The molecule has 0 bridgehead atoms. The number of alkyl halides is 9. The van der Waals surface area contributed by atoms with E-state index in [1.807, 2.05) is 12.1 Å². The second-order valence-electron chi connectivity index (χ2n) is 10.4. The number of halogens is 10. The van der Waals surface area contributed by atoms with Gasteiger partial charge in [-0.1, -0.05) is 32.9 Å². The molecule has 3 aromatic rings. The van der Waals surface area contributed by atoms with Crippen LogP contribution in [-0.4, -0.2) is 56.2 Å². The van der Waals surface area contributed by atoms with Crippen molar-refractivity contribution in [3.63, 3.8) is 0 Å². The topological polar surface area (TPSA) is 92.7 Å². The number of benzene rings is 3. The highest BCUT2D eigenvalue weighted by Crippen LogP contribution is 2.54. The summed E-state index contributed by atoms with van der Waals surface area (Å²) in [7, 11) is -4.27. The molecule has 0 fully saturated rings. The van der Waals surface area contributed by atoms with E-state index in [4.69, 9.17) is 9.47 Å². The Kier molecular flexibility index (Phi) is 11.9. The molecule has 3 rings (SSSR count). The van der Waals surface area contributed by atoms with Gasteiger partial charge in [0.2, 0.25) is 0 Å². The standard InChI is InChI=1S/C25H26IO3.C4HF9O3S/c1-25(2,3)18-8-12-20(13-9-18)26-19-10-6-17(7-11-19)24(27)22-15-14-21(28-4)16-23(22)29-5;5-1(6,3(9,10)11)2(7,8)4(12,13)17(14,15)16/h6-16H,1-5H3;(H,14,15,16)/q+1;/p-1. The van der Waals surface area contributed by atoms with Gasteiger partial charge in [0, 0.05) is 11.6 Å². The van der Waals surface area contributed by atoms with Gasteiger partial charge in [-0.2, -0.15) is 39.5 Å². The van der Waals surface area contributed by atoms with Gasteiger partial charge in [-0.25, -0.2) is 8.42 Å². The van der Waals surface area contributed by atoms with Crippen LogP contribution in [0.4, 0.5) is 39.5 Å². The minimum atomic E-state index is -7.43. The lowest BCUT2D eigenvalue weighted by molar-refractivity contribution is -0.597. The van der Waals surface area contributed by atoms with Crippen molar-refractivity contribution in [1.29, 1.82) is 0 Å². The maximum Gasteiger partial charge on any atom is 0.460 e. The summed E-state index contributed by atoms with van der Waals surface area (Å²) in [6.07, 6.45) is -7.16. The number of ether oxygens (including phenoxy) is 2. The molecular weight excluding hydrogens is 774 g/mol. The van der Waals surface area contributed by atoms with Gasteiger partial charge in [-0.3, -0.25) is 4.79 Å². The highest BCUT2D eigenvalue weighted by atomic mass is 127. The predicted octanol–water partition coefficient (Wildman–Crippen LogP) is 4.32. The molecule has 254 valence electrons. The van der Waals surface area contributed by atoms with Gasteiger partial charge in [0.05, 0.1) is 19.8 Å². The van der Waals surface area contributed by atoms with Crippen LogP contribution in [0.15, 0.2) is 66.7 Å². The Bertz CT molecular complexity index is 1620. The van der Waals surface area contributed by atoms with Crippen molar-refractivity contribution in [3.8, 4) is 11.5 Å². The normalized spacial score (nSPS) is 13.0. The van der Waals surface area contributed by atoms with Crippen molar-refractivity contribution in [3.05, 3.63) is 90.6 Å². The first-order chi connectivity index (χ1) is 20.8. The summed E-state index contributed by atoms with van der Waals surface area (Å²) in [5.41, 5.74) is 2.71. The largest absolute Gasteiger partial charge is 0.743 e. The summed E-state index contributed by atoms with van der Waals surface area (Å²) >= 11 is -0.278. The molecular formula is C29H26F9IO6S. The Morgan fingerprint density at radius 1 is 0.717 bits per heavy atom. The lowest BCUT2D eigenvalue weighted by atomic mass is 9.87. The summed E-state index contributed by atoms with van der Waals surface area (Å²) in [6.45, 7) is 6.68. The van der Waals surface area contributed by atoms with Gasteiger partial charge in [0.25, 0.3) is 0 Å². The van der Waals surface area contributed by atoms with E-state index in [2.05, 4.69) is 57.2 Å². The summed E-state index contributed by atoms with van der Waals surface area (Å²) in [5.74, 6) is -13.7. The summed E-state index contributed by atoms with van der Waals surface area (Å²) in [6, 6.07) is 22.1. The van der Waals surface area contributed by atoms with Crippen molar-refractivity contribution in [1.82, 2.24) is 0 Å². The quantitative estimate of drug-likeness (QED) is 0.139. The molecule has 0 aromatic heterocycles. The minimum absolute atomic E-state index is 0.0521. The molecule has 0 unspecified atom stereocenters. The fourth-order valence-electron chi connectivity index (χ4n) is 3.46. The molecule has 0 aliphatic heterocycles. The molecule has 0 atom stereocenters. The Labute approximate surface area is 268 Å². The molecule has 0 spiro atoms. The number of methoxy groups -OCH3 is 2. The molecule has 0 amide bonds. The van der Waals surface area contributed by atoms with Crippen LogP contribution in [0.5, 0.6) is 11.5 Å². The van der Waals surface area contributed by atoms with Crippen molar-refractivity contribution in [2.24, 2.45) is 0 Å². The molecule has 17 heteroatoms. The number of hydrogen-bond donors (Lipinski definition) is 0. The molecule has 0 radical (unpaired) electrons. The number of carbonyl (C=O) groups excluding carboxylic acids is 1. The maximum absolute atomic E-state index is 12.9. The van der Waals surface area contributed by atoms with E-state index in [1.54, 1.807) is 32.4 Å². The molecule has 0 saturated heterocycles. The second kappa shape index (κ2) is 14.0. The van der Waals surface area contributed by atoms with E-state index in [-0.39, 0.29) is 32.4 Å². The molecule has 0 aliphatic carbocycles. The van der Waals surface area contributed by atoms with Crippen LogP contribution in [-0.2, 0) is 15.5 Å². The average molecular weight is 800 g/mol. The zero-order chi connectivity index (χ0) is 35.5. The Morgan fingerprint density at radius 3 is 1.59 bits per heavy atom. The van der Waals surface area contributed by atoms with Crippen molar-refractivity contribution in [2.75, 3.05) is 14.2 Å². The molecule has 3 aromatic carbocycles. The van der Waals surface area contributed by atoms with Crippen LogP contribution in [0.3, 0.4) is 0 Å². The van der Waals surface area contributed by atoms with Crippen LogP contribution in [0.25, 0.3) is 0 Å². The van der Waals surface area contributed by atoms with E-state index in [0.717, 1.165) is 0 Å².